The average molecular weight is 389 g/mol. The Bertz CT molecular complexity index is 749. The fourth-order valence-corrected chi connectivity index (χ4v) is 4.17. The molecule has 2 unspecified atom stereocenters. The van der Waals surface area contributed by atoms with Gasteiger partial charge in [-0.3, -0.25) is 9.59 Å². The van der Waals surface area contributed by atoms with Gasteiger partial charge in [-0.1, -0.05) is 13.8 Å². The monoisotopic (exact) mass is 389 g/mol. The van der Waals surface area contributed by atoms with Crippen molar-refractivity contribution in [3.63, 3.8) is 0 Å². The van der Waals surface area contributed by atoms with Crippen LogP contribution in [-0.4, -0.2) is 67.6 Å². The zero-order valence-electron chi connectivity index (χ0n) is 17.2. The van der Waals surface area contributed by atoms with Crippen molar-refractivity contribution < 1.29 is 19.1 Å². The lowest BCUT2D eigenvalue weighted by molar-refractivity contribution is -0.138. The largest absolute Gasteiger partial charge is 0.497 e. The van der Waals surface area contributed by atoms with Crippen molar-refractivity contribution in [3.8, 4) is 11.5 Å². The van der Waals surface area contributed by atoms with Gasteiger partial charge in [-0.25, -0.2) is 0 Å². The van der Waals surface area contributed by atoms with Gasteiger partial charge >= 0.3 is 0 Å². The smallest absolute Gasteiger partial charge is 0.258 e. The molecule has 3 rings (SSSR count). The normalized spacial score (nSPS) is 24.2. The molecule has 0 aliphatic carbocycles. The molecule has 28 heavy (non-hydrogen) atoms. The summed E-state index contributed by atoms with van der Waals surface area (Å²) in [6.45, 7) is 6.03. The molecule has 0 spiro atoms. The van der Waals surface area contributed by atoms with Crippen molar-refractivity contribution in [2.45, 2.75) is 45.2 Å². The van der Waals surface area contributed by atoms with Crippen LogP contribution in [0, 0.1) is 5.41 Å². The van der Waals surface area contributed by atoms with E-state index >= 15 is 0 Å². The molecule has 154 valence electrons. The van der Waals surface area contributed by atoms with Crippen molar-refractivity contribution in [3.05, 3.63) is 23.8 Å². The maximum atomic E-state index is 13.2. The summed E-state index contributed by atoms with van der Waals surface area (Å²) in [5, 5.41) is 0. The van der Waals surface area contributed by atoms with Crippen LogP contribution in [0.5, 0.6) is 11.5 Å². The van der Waals surface area contributed by atoms with E-state index in [4.69, 9.17) is 15.2 Å². The predicted octanol–water partition coefficient (Wildman–Crippen LogP) is 1.89. The van der Waals surface area contributed by atoms with Gasteiger partial charge in [-0.05, 0) is 36.8 Å². The number of carbonyl (C=O) groups is 2. The van der Waals surface area contributed by atoms with E-state index in [0.29, 0.717) is 43.1 Å². The van der Waals surface area contributed by atoms with Crippen molar-refractivity contribution in [2.75, 3.05) is 33.9 Å². The number of hydrogen-bond donors (Lipinski definition) is 1. The minimum absolute atomic E-state index is 0.0262. The molecule has 2 saturated heterocycles. The Morgan fingerprint density at radius 3 is 2.54 bits per heavy atom. The lowest BCUT2D eigenvalue weighted by atomic mass is 9.79. The minimum Gasteiger partial charge on any atom is -0.497 e. The second-order valence-corrected chi connectivity index (χ2v) is 8.37. The molecule has 0 aromatic heterocycles. The molecule has 2 fully saturated rings. The highest BCUT2D eigenvalue weighted by Gasteiger charge is 2.41. The van der Waals surface area contributed by atoms with Gasteiger partial charge in [0.1, 0.15) is 17.5 Å². The summed E-state index contributed by atoms with van der Waals surface area (Å²) in [6.07, 6.45) is 2.29. The topological polar surface area (TPSA) is 85.1 Å². The zero-order valence-corrected chi connectivity index (χ0v) is 17.2. The zero-order chi connectivity index (χ0) is 20.5. The maximum Gasteiger partial charge on any atom is 0.258 e. The molecule has 2 aliphatic heterocycles. The Labute approximate surface area is 166 Å². The molecule has 2 amide bonds. The molecule has 7 nitrogen and oxygen atoms in total. The fraction of sp³-hybridized carbons (Fsp3) is 0.619. The number of rotatable bonds is 4. The highest BCUT2D eigenvalue weighted by atomic mass is 16.5. The molecule has 1 aromatic rings. The first kappa shape index (κ1) is 20.5. The van der Waals surface area contributed by atoms with Crippen molar-refractivity contribution in [1.82, 2.24) is 9.80 Å². The number of nitrogens with zero attached hydrogens (tertiary/aromatic N) is 2. The standard InChI is InChI=1S/C21H31N3O4/c1-21(2)13-23(11-9-18(21)22)20(26)16-6-5-10-24(16)19(25)15-8-7-14(27-3)12-17(15)28-4/h7-8,12,16,18H,5-6,9-11,13,22H2,1-4H3. The van der Waals surface area contributed by atoms with Gasteiger partial charge in [-0.15, -0.1) is 0 Å². The van der Waals surface area contributed by atoms with Crippen molar-refractivity contribution >= 4 is 11.8 Å². The van der Waals surface area contributed by atoms with Gasteiger partial charge in [-0.2, -0.15) is 0 Å². The van der Waals surface area contributed by atoms with Gasteiger partial charge in [0.25, 0.3) is 5.91 Å². The molecule has 0 bridgehead atoms. The number of hydrogen-bond acceptors (Lipinski definition) is 5. The molecule has 1 aromatic carbocycles. The van der Waals surface area contributed by atoms with E-state index in [0.717, 1.165) is 12.8 Å². The molecule has 2 atom stereocenters. The average Bonchev–Trinajstić information content (AvgIpc) is 3.18. The van der Waals surface area contributed by atoms with Crippen LogP contribution in [0.15, 0.2) is 18.2 Å². The van der Waals surface area contributed by atoms with Crippen LogP contribution in [0.1, 0.15) is 43.5 Å². The summed E-state index contributed by atoms with van der Waals surface area (Å²) in [7, 11) is 3.09. The highest BCUT2D eigenvalue weighted by molar-refractivity contribution is 6.00. The van der Waals surface area contributed by atoms with Gasteiger partial charge in [0.15, 0.2) is 0 Å². The predicted molar refractivity (Wildman–Crippen MR) is 107 cm³/mol. The molecule has 2 heterocycles. The van der Waals surface area contributed by atoms with E-state index < -0.39 is 6.04 Å². The fourth-order valence-electron chi connectivity index (χ4n) is 4.17. The highest BCUT2D eigenvalue weighted by Crippen LogP contribution is 2.32. The number of ether oxygens (including phenoxy) is 2. The third-order valence-electron chi connectivity index (χ3n) is 6.06. The first-order valence-electron chi connectivity index (χ1n) is 9.86. The van der Waals surface area contributed by atoms with Gasteiger partial charge in [0, 0.05) is 31.7 Å². The van der Waals surface area contributed by atoms with Crippen LogP contribution in [0.25, 0.3) is 0 Å². The number of nitrogens with two attached hydrogens (primary N) is 1. The Morgan fingerprint density at radius 2 is 1.89 bits per heavy atom. The Morgan fingerprint density at radius 1 is 1.14 bits per heavy atom. The van der Waals surface area contributed by atoms with Crippen molar-refractivity contribution in [1.29, 1.82) is 0 Å². The lowest BCUT2D eigenvalue weighted by Crippen LogP contribution is -2.57. The Hall–Kier alpha value is -2.28. The number of benzene rings is 1. The van der Waals surface area contributed by atoms with E-state index in [9.17, 15) is 9.59 Å². The lowest BCUT2D eigenvalue weighted by Gasteiger charge is -2.44. The number of amides is 2. The van der Waals surface area contributed by atoms with E-state index in [2.05, 4.69) is 13.8 Å². The molecule has 7 heteroatoms. The third kappa shape index (κ3) is 3.81. The van der Waals surface area contributed by atoms with E-state index in [1.165, 1.54) is 7.11 Å². The number of piperidine rings is 1. The molecular formula is C21H31N3O4. The SMILES string of the molecule is COc1ccc(C(=O)N2CCCC2C(=O)N2CCC(N)C(C)(C)C2)c(OC)c1. The molecular weight excluding hydrogens is 358 g/mol. The summed E-state index contributed by atoms with van der Waals surface area (Å²) < 4.78 is 10.6. The third-order valence-corrected chi connectivity index (χ3v) is 6.06. The first-order valence-corrected chi connectivity index (χ1v) is 9.86. The molecule has 0 saturated carbocycles. The van der Waals surface area contributed by atoms with Crippen molar-refractivity contribution in [2.24, 2.45) is 11.1 Å². The number of carbonyl (C=O) groups excluding carboxylic acids is 2. The van der Waals surface area contributed by atoms with E-state index in [1.807, 2.05) is 4.90 Å². The summed E-state index contributed by atoms with van der Waals surface area (Å²) in [4.78, 5) is 30.0. The van der Waals surface area contributed by atoms with Crippen LogP contribution in [0.3, 0.4) is 0 Å². The first-order chi connectivity index (χ1) is 13.3. The summed E-state index contributed by atoms with van der Waals surface area (Å²) in [5.41, 5.74) is 6.53. The molecule has 0 radical (unpaired) electrons. The Balaban J connectivity index is 1.79. The van der Waals surface area contributed by atoms with Gasteiger partial charge in [0.05, 0.1) is 19.8 Å². The second-order valence-electron chi connectivity index (χ2n) is 8.37. The second kappa shape index (κ2) is 7.99. The quantitative estimate of drug-likeness (QED) is 0.850. The summed E-state index contributed by atoms with van der Waals surface area (Å²) >= 11 is 0. The van der Waals surface area contributed by atoms with Crippen LogP contribution in [0.2, 0.25) is 0 Å². The summed E-state index contributed by atoms with van der Waals surface area (Å²) in [6, 6.07) is 4.78. The van der Waals surface area contributed by atoms with Gasteiger partial charge in [0.2, 0.25) is 5.91 Å². The van der Waals surface area contributed by atoms with Crippen LogP contribution >= 0.6 is 0 Å². The van der Waals surface area contributed by atoms with Crippen LogP contribution < -0.4 is 15.2 Å². The Kier molecular flexibility index (Phi) is 5.84. The summed E-state index contributed by atoms with van der Waals surface area (Å²) in [5.74, 6) is 0.920. The molecule has 2 aliphatic rings. The molecule has 2 N–H and O–H groups in total. The van der Waals surface area contributed by atoms with Gasteiger partial charge < -0.3 is 25.0 Å². The van der Waals surface area contributed by atoms with E-state index in [-0.39, 0.29) is 23.3 Å². The van der Waals surface area contributed by atoms with Crippen LogP contribution in [-0.2, 0) is 4.79 Å². The van der Waals surface area contributed by atoms with E-state index in [1.54, 1.807) is 30.2 Å². The maximum absolute atomic E-state index is 13.2. The van der Waals surface area contributed by atoms with Crippen LogP contribution in [0.4, 0.5) is 0 Å². The number of methoxy groups -OCH3 is 2. The number of likely N-dealkylation sites (tertiary alicyclic amines) is 2. The minimum atomic E-state index is -0.426.